The van der Waals surface area contributed by atoms with Gasteiger partial charge in [-0.3, -0.25) is 0 Å². The topological polar surface area (TPSA) is 85.6 Å². The Kier molecular flexibility index (Phi) is 10.2. The second-order valence-electron chi connectivity index (χ2n) is 11.9. The van der Waals surface area contributed by atoms with Crippen LogP contribution in [0.3, 0.4) is 0 Å². The first-order valence-corrected chi connectivity index (χ1v) is 14.0. The number of rotatable bonds is 6. The zero-order valence-electron chi connectivity index (χ0n) is 25.3. The van der Waals surface area contributed by atoms with E-state index in [0.29, 0.717) is 0 Å². The Bertz CT molecular complexity index is 1570. The van der Waals surface area contributed by atoms with Crippen LogP contribution in [-0.4, -0.2) is 27.3 Å². The molecule has 5 aromatic rings. The quantitative estimate of drug-likeness (QED) is 0.175. The summed E-state index contributed by atoms with van der Waals surface area (Å²) in [5.74, 6) is 1.56. The van der Waals surface area contributed by atoms with Gasteiger partial charge >= 0.3 is 0 Å². The van der Waals surface area contributed by atoms with Crippen molar-refractivity contribution in [2.75, 3.05) is 9.80 Å². The first-order valence-electron chi connectivity index (χ1n) is 14.0. The summed E-state index contributed by atoms with van der Waals surface area (Å²) in [6, 6.07) is 27.0. The number of anilines is 3. The minimum absolute atomic E-state index is 0. The van der Waals surface area contributed by atoms with Crippen molar-refractivity contribution in [3.8, 4) is 0 Å². The van der Waals surface area contributed by atoms with Gasteiger partial charge in [0.25, 0.3) is 0 Å². The molecule has 9 heteroatoms. The fraction of sp³-hybridized carbons (Fsp3) is 0.265. The zero-order chi connectivity index (χ0) is 29.7. The number of nitrogens with one attached hydrogen (secondary N) is 1. The largest absolute Gasteiger partial charge is 0.656 e. The second kappa shape index (κ2) is 13.7. The van der Waals surface area contributed by atoms with Gasteiger partial charge in [-0.2, -0.15) is 25.1 Å². The number of hydrogen-bond donors (Lipinski definition) is 1. The molecule has 1 radical (unpaired) electrons. The number of hydrogen-bond acceptors (Lipinski definition) is 6. The molecule has 43 heavy (non-hydrogen) atoms. The molecule has 0 saturated heterocycles. The number of nitrogens with zero attached hydrogens (tertiary/aromatic N) is 6. The van der Waals surface area contributed by atoms with Crippen LogP contribution in [0.2, 0.25) is 0 Å². The monoisotopic (exact) mass is 752 g/mol. The van der Waals surface area contributed by atoms with Gasteiger partial charge < -0.3 is 30.2 Å². The Hall–Kier alpha value is -3.75. The molecule has 0 amide bonds. The molecule has 1 aliphatic rings. The van der Waals surface area contributed by atoms with E-state index in [1.807, 2.05) is 95.6 Å². The van der Waals surface area contributed by atoms with Crippen LogP contribution in [0.5, 0.6) is 0 Å². The van der Waals surface area contributed by atoms with Gasteiger partial charge in [0.1, 0.15) is 17.2 Å². The molecule has 0 aliphatic carbocycles. The molecule has 2 aromatic carbocycles. The van der Waals surface area contributed by atoms with Crippen LogP contribution in [0.1, 0.15) is 41.5 Å². The molecule has 6 rings (SSSR count). The molecule has 1 N–H and O–H groups in total. The van der Waals surface area contributed by atoms with E-state index < -0.39 is 6.29 Å². The van der Waals surface area contributed by atoms with Gasteiger partial charge in [0.15, 0.2) is 0 Å². The van der Waals surface area contributed by atoms with E-state index in [1.54, 1.807) is 12.4 Å². The molecular weight excluding hydrogens is 715 g/mol. The van der Waals surface area contributed by atoms with Crippen LogP contribution < -0.4 is 15.1 Å². The molecule has 0 bridgehead atoms. The molecule has 0 fully saturated rings. The number of benzene rings is 2. The molecule has 3 aromatic heterocycles. The summed E-state index contributed by atoms with van der Waals surface area (Å²) in [6.07, 6.45) is 6.96. The summed E-state index contributed by atoms with van der Waals surface area (Å²) in [5, 5.41) is 15.1. The van der Waals surface area contributed by atoms with Gasteiger partial charge in [0.2, 0.25) is 0 Å². The summed E-state index contributed by atoms with van der Waals surface area (Å²) in [5.41, 5.74) is 2.29. The van der Waals surface area contributed by atoms with E-state index in [1.165, 1.54) is 0 Å². The van der Waals surface area contributed by atoms with Gasteiger partial charge in [0.05, 0.1) is 0 Å². The Balaban J connectivity index is 0.000000198. The molecule has 8 nitrogen and oxygen atoms in total. The van der Waals surface area contributed by atoms with Crippen molar-refractivity contribution in [1.82, 2.24) is 15.3 Å². The third-order valence-electron chi connectivity index (χ3n) is 6.15. The van der Waals surface area contributed by atoms with Crippen molar-refractivity contribution in [1.29, 1.82) is 0 Å². The van der Waals surface area contributed by atoms with Crippen LogP contribution in [0, 0.1) is 12.7 Å². The first-order chi connectivity index (χ1) is 20.1. The molecule has 4 heterocycles. The summed E-state index contributed by atoms with van der Waals surface area (Å²) >= 11 is 0. The van der Waals surface area contributed by atoms with Crippen LogP contribution in [-0.2, 0) is 20.1 Å². The number of aromatic nitrogens is 2. The molecule has 0 spiro atoms. The van der Waals surface area contributed by atoms with Crippen molar-refractivity contribution in [2.45, 2.75) is 58.9 Å². The summed E-state index contributed by atoms with van der Waals surface area (Å²) in [7, 11) is 0. The van der Waals surface area contributed by atoms with Crippen LogP contribution >= 0.6 is 0 Å². The summed E-state index contributed by atoms with van der Waals surface area (Å²) < 4.78 is 5.85. The fourth-order valence-electron chi connectivity index (χ4n) is 4.42. The Morgan fingerprint density at radius 1 is 0.837 bits per heavy atom. The predicted octanol–water partition coefficient (Wildman–Crippen LogP) is 8.63. The smallest absolute Gasteiger partial charge is 0.131 e. The molecule has 0 saturated carbocycles. The van der Waals surface area contributed by atoms with E-state index in [4.69, 9.17) is 15.1 Å². The van der Waals surface area contributed by atoms with Crippen molar-refractivity contribution >= 4 is 39.3 Å². The maximum atomic E-state index is 5.85. The van der Waals surface area contributed by atoms with Crippen molar-refractivity contribution in [3.63, 3.8) is 0 Å². The number of fused-ring (bicyclic) bond motifs is 3. The zero-order valence-corrected chi connectivity index (χ0v) is 27.7. The second-order valence-corrected chi connectivity index (χ2v) is 11.9. The SMILES string of the molecule is CC(C)(C)[N-]C([N-]C(C)(C)C)N(c1ccccn1)c1ccccn1.[Ir].[c-]1cc2c(cc1N1C=CN[CH-]1)oc1ccccc12. The van der Waals surface area contributed by atoms with Crippen molar-refractivity contribution in [2.24, 2.45) is 0 Å². The van der Waals surface area contributed by atoms with Gasteiger partial charge in [-0.05, 0) is 48.1 Å². The maximum Gasteiger partial charge on any atom is 0.131 e. The molecular formula is C34H37IrN7O-4. The Morgan fingerprint density at radius 3 is 1.98 bits per heavy atom. The predicted molar refractivity (Wildman–Crippen MR) is 172 cm³/mol. The summed E-state index contributed by atoms with van der Waals surface area (Å²) in [6.45, 7) is 14.3. The molecule has 1 aliphatic heterocycles. The van der Waals surface area contributed by atoms with E-state index in [0.717, 1.165) is 39.3 Å². The van der Waals surface area contributed by atoms with Gasteiger partial charge in [-0.1, -0.05) is 77.3 Å². The fourth-order valence-corrected chi connectivity index (χ4v) is 4.42. The van der Waals surface area contributed by atoms with Crippen LogP contribution in [0.4, 0.5) is 17.3 Å². The third-order valence-corrected chi connectivity index (χ3v) is 6.15. The number of furan rings is 1. The normalized spacial score (nSPS) is 13.0. The minimum Gasteiger partial charge on any atom is -0.656 e. The van der Waals surface area contributed by atoms with E-state index in [-0.39, 0.29) is 31.2 Å². The van der Waals surface area contributed by atoms with E-state index in [9.17, 15) is 0 Å². The average molecular weight is 752 g/mol. The molecule has 0 atom stereocenters. The standard InChI is InChI=1S/C19H27N5.C15H10N2O.Ir/c1-18(2,3)22-17(23-19(4,5)6)24(15-11-7-9-13-20-15)16-12-8-10-14-21-16;1-2-4-14-12(3-1)13-6-5-11(9-15(13)18-14)17-8-7-16-10-17;/h7-14,17H,1-6H3;1-4,6-10,16H;/q2*-2;. The van der Waals surface area contributed by atoms with Crippen molar-refractivity contribution < 1.29 is 24.5 Å². The van der Waals surface area contributed by atoms with Gasteiger partial charge in [-0.15, -0.1) is 22.8 Å². The maximum absolute atomic E-state index is 5.85. The minimum atomic E-state index is -0.408. The average Bonchev–Trinajstić information content (AvgIpc) is 3.61. The van der Waals surface area contributed by atoms with Crippen molar-refractivity contribution in [3.05, 3.63) is 121 Å². The van der Waals surface area contributed by atoms with Gasteiger partial charge in [0, 0.05) is 38.1 Å². The summed E-state index contributed by atoms with van der Waals surface area (Å²) in [4.78, 5) is 13.0. The van der Waals surface area contributed by atoms with Crippen LogP contribution in [0.25, 0.3) is 32.6 Å². The van der Waals surface area contributed by atoms with E-state index in [2.05, 4.69) is 69.0 Å². The van der Waals surface area contributed by atoms with E-state index >= 15 is 0 Å². The number of pyridine rings is 2. The molecule has 0 unspecified atom stereocenters. The van der Waals surface area contributed by atoms with Crippen LogP contribution in [0.15, 0.2) is 102 Å². The van der Waals surface area contributed by atoms with Gasteiger partial charge in [-0.25, -0.2) is 9.97 Å². The third kappa shape index (κ3) is 8.42. The first kappa shape index (κ1) is 32.2. The number of para-hydroxylation sites is 1. The Morgan fingerprint density at radius 2 is 1.44 bits per heavy atom. The molecule has 227 valence electrons. The Labute approximate surface area is 267 Å².